The van der Waals surface area contributed by atoms with Crippen LogP contribution in [0.5, 0.6) is 11.5 Å². The number of nitrogens with zero attached hydrogens (tertiary/aromatic N) is 1. The fourth-order valence-electron chi connectivity index (χ4n) is 3.21. The molecule has 1 aromatic carbocycles. The third kappa shape index (κ3) is 4.02. The number of rotatable bonds is 5. The van der Waals surface area contributed by atoms with Crippen LogP contribution in [0.2, 0.25) is 0 Å². The minimum absolute atomic E-state index is 0.143. The molecule has 0 aliphatic carbocycles. The minimum atomic E-state index is -3.39. The van der Waals surface area contributed by atoms with Gasteiger partial charge in [0.15, 0.2) is 0 Å². The second kappa shape index (κ2) is 7.29. The quantitative estimate of drug-likeness (QED) is 0.876. The maximum atomic E-state index is 12.4. The molecule has 1 aromatic rings. The molecule has 0 saturated carbocycles. The zero-order chi connectivity index (χ0) is 17.2. The van der Waals surface area contributed by atoms with Crippen LogP contribution in [0.3, 0.4) is 0 Å². The third-order valence-corrected chi connectivity index (χ3v) is 6.47. The second-order valence-corrected chi connectivity index (χ2v) is 8.55. The van der Waals surface area contributed by atoms with E-state index >= 15 is 0 Å². The molecule has 0 spiro atoms. The first-order chi connectivity index (χ1) is 11.5. The maximum Gasteiger partial charge on any atom is 0.279 e. The van der Waals surface area contributed by atoms with Crippen LogP contribution in [0, 0.1) is 11.8 Å². The molecular weight excluding hydrogens is 328 g/mol. The van der Waals surface area contributed by atoms with Gasteiger partial charge in [0.25, 0.3) is 10.2 Å². The van der Waals surface area contributed by atoms with Crippen molar-refractivity contribution in [2.75, 3.05) is 33.4 Å². The van der Waals surface area contributed by atoms with Gasteiger partial charge in [-0.3, -0.25) is 0 Å². The molecule has 0 bridgehead atoms. The van der Waals surface area contributed by atoms with Crippen LogP contribution in [0.25, 0.3) is 0 Å². The Morgan fingerprint density at radius 2 is 2.08 bits per heavy atom. The number of hydrogen-bond acceptors (Lipinski definition) is 4. The van der Waals surface area contributed by atoms with E-state index < -0.39 is 10.2 Å². The van der Waals surface area contributed by atoms with Gasteiger partial charge < -0.3 is 9.47 Å². The fourth-order valence-corrected chi connectivity index (χ4v) is 4.53. The summed E-state index contributed by atoms with van der Waals surface area (Å²) < 4.78 is 40.1. The first-order valence-electron chi connectivity index (χ1n) is 8.52. The zero-order valence-electron chi connectivity index (χ0n) is 14.3. The Morgan fingerprint density at radius 3 is 2.79 bits per heavy atom. The number of ether oxygens (including phenoxy) is 2. The van der Waals surface area contributed by atoms with E-state index in [0.29, 0.717) is 32.2 Å². The van der Waals surface area contributed by atoms with Crippen LogP contribution in [0.4, 0.5) is 0 Å². The Balaban J connectivity index is 1.55. The van der Waals surface area contributed by atoms with E-state index in [1.165, 1.54) is 0 Å². The monoisotopic (exact) mass is 354 g/mol. The number of fused-ring (bicyclic) bond motifs is 1. The van der Waals surface area contributed by atoms with E-state index in [9.17, 15) is 8.42 Å². The number of piperidine rings is 1. The standard InChI is InChI=1S/C17H26N2O4S/c1-13-5-7-19(8-6-13)24(20,21)18-11-14-9-15-3-4-16(22-2)10-17(15)23-12-14/h3-4,10,13-14,18H,5-9,11-12H2,1-2H3/t14-/m1/s1. The summed E-state index contributed by atoms with van der Waals surface area (Å²) in [5.41, 5.74) is 1.10. The van der Waals surface area contributed by atoms with E-state index in [1.807, 2.05) is 18.2 Å². The van der Waals surface area contributed by atoms with Gasteiger partial charge in [-0.2, -0.15) is 12.7 Å². The first kappa shape index (κ1) is 17.5. The van der Waals surface area contributed by atoms with Crippen LogP contribution in [-0.4, -0.2) is 46.1 Å². The highest BCUT2D eigenvalue weighted by Crippen LogP contribution is 2.31. The first-order valence-corrected chi connectivity index (χ1v) is 9.96. The average Bonchev–Trinajstić information content (AvgIpc) is 2.60. The molecular formula is C17H26N2O4S. The summed E-state index contributed by atoms with van der Waals surface area (Å²) in [6, 6.07) is 5.77. The Kier molecular flexibility index (Phi) is 5.32. The highest BCUT2D eigenvalue weighted by Gasteiger charge is 2.28. The number of methoxy groups -OCH3 is 1. The van der Waals surface area contributed by atoms with Gasteiger partial charge in [0.1, 0.15) is 11.5 Å². The van der Waals surface area contributed by atoms with Gasteiger partial charge in [-0.15, -0.1) is 0 Å². The van der Waals surface area contributed by atoms with Crippen LogP contribution in [0.15, 0.2) is 18.2 Å². The molecule has 0 aromatic heterocycles. The van der Waals surface area contributed by atoms with Gasteiger partial charge in [0.2, 0.25) is 0 Å². The molecule has 24 heavy (non-hydrogen) atoms. The largest absolute Gasteiger partial charge is 0.497 e. The van der Waals surface area contributed by atoms with Crippen molar-refractivity contribution in [1.29, 1.82) is 0 Å². The third-order valence-electron chi connectivity index (χ3n) is 4.89. The van der Waals surface area contributed by atoms with Crippen molar-refractivity contribution in [2.45, 2.75) is 26.2 Å². The van der Waals surface area contributed by atoms with Crippen LogP contribution >= 0.6 is 0 Å². The molecule has 134 valence electrons. The number of hydrogen-bond donors (Lipinski definition) is 1. The predicted molar refractivity (Wildman–Crippen MR) is 92.6 cm³/mol. The van der Waals surface area contributed by atoms with Crippen molar-refractivity contribution in [3.05, 3.63) is 23.8 Å². The van der Waals surface area contributed by atoms with Gasteiger partial charge in [0, 0.05) is 31.6 Å². The van der Waals surface area contributed by atoms with Crippen molar-refractivity contribution in [3.8, 4) is 11.5 Å². The molecule has 6 nitrogen and oxygen atoms in total. The van der Waals surface area contributed by atoms with E-state index in [2.05, 4.69) is 11.6 Å². The molecule has 1 atom stereocenters. The number of benzene rings is 1. The molecule has 0 unspecified atom stereocenters. The summed E-state index contributed by atoms with van der Waals surface area (Å²) in [5.74, 6) is 2.35. The van der Waals surface area contributed by atoms with Gasteiger partial charge >= 0.3 is 0 Å². The molecule has 0 amide bonds. The van der Waals surface area contributed by atoms with Crippen molar-refractivity contribution >= 4 is 10.2 Å². The maximum absolute atomic E-state index is 12.4. The molecule has 1 fully saturated rings. The SMILES string of the molecule is COc1ccc2c(c1)OC[C@@H](CNS(=O)(=O)N1CCC(C)CC1)C2. The summed E-state index contributed by atoms with van der Waals surface area (Å²) in [5, 5.41) is 0. The lowest BCUT2D eigenvalue weighted by molar-refractivity contribution is 0.220. The Bertz CT molecular complexity index is 669. The lowest BCUT2D eigenvalue weighted by Crippen LogP contribution is -2.46. The van der Waals surface area contributed by atoms with Gasteiger partial charge in [-0.05, 0) is 36.8 Å². The van der Waals surface area contributed by atoms with Crippen molar-refractivity contribution in [2.24, 2.45) is 11.8 Å². The normalized spacial score (nSPS) is 22.7. The highest BCUT2D eigenvalue weighted by atomic mass is 32.2. The smallest absolute Gasteiger partial charge is 0.279 e. The molecule has 2 aliphatic rings. The Morgan fingerprint density at radius 1 is 1.33 bits per heavy atom. The molecule has 3 rings (SSSR count). The van der Waals surface area contributed by atoms with Gasteiger partial charge in [-0.25, -0.2) is 4.72 Å². The van der Waals surface area contributed by atoms with Crippen molar-refractivity contribution in [3.63, 3.8) is 0 Å². The topological polar surface area (TPSA) is 67.9 Å². The molecule has 2 heterocycles. The van der Waals surface area contributed by atoms with Crippen molar-refractivity contribution < 1.29 is 17.9 Å². The summed E-state index contributed by atoms with van der Waals surface area (Å²) in [6.45, 7) is 4.31. The zero-order valence-corrected chi connectivity index (χ0v) is 15.1. The molecule has 1 saturated heterocycles. The second-order valence-electron chi connectivity index (χ2n) is 6.79. The van der Waals surface area contributed by atoms with E-state index in [1.54, 1.807) is 11.4 Å². The van der Waals surface area contributed by atoms with Gasteiger partial charge in [0.05, 0.1) is 13.7 Å². The minimum Gasteiger partial charge on any atom is -0.497 e. The molecule has 0 radical (unpaired) electrons. The molecule has 2 aliphatic heterocycles. The van der Waals surface area contributed by atoms with Crippen LogP contribution in [0.1, 0.15) is 25.3 Å². The number of nitrogens with one attached hydrogen (secondary N) is 1. The summed E-state index contributed by atoms with van der Waals surface area (Å²) >= 11 is 0. The predicted octanol–water partition coefficient (Wildman–Crippen LogP) is 1.81. The van der Waals surface area contributed by atoms with Crippen molar-refractivity contribution in [1.82, 2.24) is 9.03 Å². The van der Waals surface area contributed by atoms with E-state index in [-0.39, 0.29) is 5.92 Å². The summed E-state index contributed by atoms with van der Waals surface area (Å²) in [7, 11) is -1.76. The lowest BCUT2D eigenvalue weighted by Gasteiger charge is -2.31. The highest BCUT2D eigenvalue weighted by molar-refractivity contribution is 7.87. The lowest BCUT2D eigenvalue weighted by atomic mass is 9.97. The molecule has 1 N–H and O–H groups in total. The summed E-state index contributed by atoms with van der Waals surface area (Å²) in [4.78, 5) is 0. The van der Waals surface area contributed by atoms with Gasteiger partial charge in [-0.1, -0.05) is 13.0 Å². The summed E-state index contributed by atoms with van der Waals surface area (Å²) in [6.07, 6.45) is 2.67. The molecule has 7 heteroatoms. The van der Waals surface area contributed by atoms with E-state index in [0.717, 1.165) is 36.3 Å². The van der Waals surface area contributed by atoms with Crippen LogP contribution < -0.4 is 14.2 Å². The Labute approximate surface area is 144 Å². The van der Waals surface area contributed by atoms with Crippen LogP contribution in [-0.2, 0) is 16.6 Å². The Hall–Kier alpha value is -1.31. The van der Waals surface area contributed by atoms with E-state index in [4.69, 9.17) is 9.47 Å². The average molecular weight is 354 g/mol. The fraction of sp³-hybridized carbons (Fsp3) is 0.647.